The van der Waals surface area contributed by atoms with Gasteiger partial charge in [-0.25, -0.2) is 8.42 Å². The van der Waals surface area contributed by atoms with E-state index in [1.54, 1.807) is 36.4 Å². The fourth-order valence-corrected chi connectivity index (χ4v) is 5.50. The maximum atomic E-state index is 13.0. The molecule has 0 spiro atoms. The van der Waals surface area contributed by atoms with Crippen molar-refractivity contribution in [3.05, 3.63) is 53.6 Å². The summed E-state index contributed by atoms with van der Waals surface area (Å²) in [7, 11) is -3.52. The zero-order valence-electron chi connectivity index (χ0n) is 16.4. The molecule has 2 aromatic rings. The van der Waals surface area contributed by atoms with Crippen molar-refractivity contribution < 1.29 is 17.9 Å². The van der Waals surface area contributed by atoms with Gasteiger partial charge >= 0.3 is 0 Å². The number of benzene rings is 2. The number of hydrogen-bond donors (Lipinski definition) is 1. The minimum absolute atomic E-state index is 0.269. The van der Waals surface area contributed by atoms with Crippen molar-refractivity contribution in [1.29, 1.82) is 0 Å². The van der Waals surface area contributed by atoms with Crippen LogP contribution in [0.25, 0.3) is 11.1 Å². The fraction of sp³-hybridized carbons (Fsp3) is 0.381. The summed E-state index contributed by atoms with van der Waals surface area (Å²) in [6.07, 6.45) is 0. The van der Waals surface area contributed by atoms with Crippen molar-refractivity contribution in [1.82, 2.24) is 9.21 Å². The lowest BCUT2D eigenvalue weighted by Crippen LogP contribution is -2.62. The lowest BCUT2D eigenvalue weighted by molar-refractivity contribution is -0.0116. The van der Waals surface area contributed by atoms with E-state index in [1.165, 1.54) is 4.31 Å². The van der Waals surface area contributed by atoms with E-state index in [0.717, 1.165) is 29.8 Å². The van der Waals surface area contributed by atoms with Gasteiger partial charge in [0.25, 0.3) is 0 Å². The van der Waals surface area contributed by atoms with Crippen LogP contribution in [0.2, 0.25) is 0 Å². The van der Waals surface area contributed by atoms with E-state index < -0.39 is 15.9 Å². The predicted octanol–water partition coefficient (Wildman–Crippen LogP) is 1.47. The third-order valence-electron chi connectivity index (χ3n) is 5.68. The number of hydrogen-bond acceptors (Lipinski definition) is 5. The predicted molar refractivity (Wildman–Crippen MR) is 110 cm³/mol. The second-order valence-corrected chi connectivity index (χ2v) is 9.48. The average molecular weight is 416 g/mol. The van der Waals surface area contributed by atoms with Crippen LogP contribution in [-0.4, -0.2) is 69.0 Å². The molecule has 1 amide bonds. The van der Waals surface area contributed by atoms with Gasteiger partial charge in [-0.15, -0.1) is 0 Å². The van der Waals surface area contributed by atoms with Crippen molar-refractivity contribution in [3.63, 3.8) is 0 Å². The molecule has 0 atom stereocenters. The molecule has 0 aromatic heterocycles. The number of amides is 1. The van der Waals surface area contributed by atoms with Crippen LogP contribution >= 0.6 is 0 Å². The van der Waals surface area contributed by atoms with E-state index in [9.17, 15) is 13.2 Å². The molecule has 4 rings (SSSR count). The van der Waals surface area contributed by atoms with Gasteiger partial charge < -0.3 is 10.5 Å². The zero-order chi connectivity index (χ0) is 20.6. The van der Waals surface area contributed by atoms with Gasteiger partial charge in [-0.2, -0.15) is 4.31 Å². The summed E-state index contributed by atoms with van der Waals surface area (Å²) in [5, 5.41) is 0. The molecular weight excluding hydrogens is 390 g/mol. The highest BCUT2D eigenvalue weighted by Crippen LogP contribution is 2.30. The molecule has 2 aliphatic rings. The first-order valence-electron chi connectivity index (χ1n) is 9.69. The SMILES string of the molecule is Cc1cc(S(=O)(=O)N2CC(N3CCOCC3)C2)ccc1-c1cccc(C(N)=O)c1. The number of aryl methyl sites for hydroxylation is 1. The van der Waals surface area contributed by atoms with Crippen molar-refractivity contribution in [3.8, 4) is 11.1 Å². The normalized spacial score (nSPS) is 19.1. The summed E-state index contributed by atoms with van der Waals surface area (Å²) in [6, 6.07) is 12.4. The van der Waals surface area contributed by atoms with Crippen LogP contribution in [0.4, 0.5) is 0 Å². The molecule has 2 fully saturated rings. The van der Waals surface area contributed by atoms with Gasteiger partial charge in [-0.1, -0.05) is 18.2 Å². The largest absolute Gasteiger partial charge is 0.379 e. The average Bonchev–Trinajstić information content (AvgIpc) is 2.67. The standard InChI is InChI=1S/C21H25N3O4S/c1-15-11-19(5-6-20(15)16-3-2-4-17(12-16)21(22)25)29(26,27)24-13-18(14-24)23-7-9-28-10-8-23/h2-6,11-12,18H,7-10,13-14H2,1H3,(H2,22,25). The number of sulfonamides is 1. The van der Waals surface area contributed by atoms with Gasteiger partial charge in [0.05, 0.1) is 18.1 Å². The van der Waals surface area contributed by atoms with E-state index in [0.29, 0.717) is 36.8 Å². The van der Waals surface area contributed by atoms with E-state index in [-0.39, 0.29) is 6.04 Å². The first-order valence-corrected chi connectivity index (χ1v) is 11.1. The molecule has 8 heteroatoms. The summed E-state index contributed by atoms with van der Waals surface area (Å²) in [6.45, 7) is 6.04. The highest BCUT2D eigenvalue weighted by atomic mass is 32.2. The maximum absolute atomic E-state index is 13.0. The summed E-state index contributed by atoms with van der Waals surface area (Å²) >= 11 is 0. The Bertz CT molecular complexity index is 1030. The van der Waals surface area contributed by atoms with Crippen molar-refractivity contribution in [2.75, 3.05) is 39.4 Å². The minimum atomic E-state index is -3.52. The number of rotatable bonds is 5. The number of carbonyl (C=O) groups excluding carboxylic acids is 1. The van der Waals surface area contributed by atoms with Crippen LogP contribution in [0, 0.1) is 6.92 Å². The molecule has 29 heavy (non-hydrogen) atoms. The molecule has 7 nitrogen and oxygen atoms in total. The molecule has 0 saturated carbocycles. The molecule has 0 unspecified atom stereocenters. The Morgan fingerprint density at radius 2 is 1.83 bits per heavy atom. The molecule has 2 aliphatic heterocycles. The molecule has 0 aliphatic carbocycles. The summed E-state index contributed by atoms with van der Waals surface area (Å²) < 4.78 is 32.9. The van der Waals surface area contributed by atoms with Crippen LogP contribution in [0.1, 0.15) is 15.9 Å². The van der Waals surface area contributed by atoms with Crippen LogP contribution in [0.3, 0.4) is 0 Å². The number of primary amides is 1. The molecule has 2 aromatic carbocycles. The quantitative estimate of drug-likeness (QED) is 0.798. The maximum Gasteiger partial charge on any atom is 0.248 e. The second-order valence-electron chi connectivity index (χ2n) is 7.55. The topological polar surface area (TPSA) is 92.9 Å². The summed E-state index contributed by atoms with van der Waals surface area (Å²) in [4.78, 5) is 14.0. The summed E-state index contributed by atoms with van der Waals surface area (Å²) in [5.74, 6) is -0.490. The molecule has 2 N–H and O–H groups in total. The first-order chi connectivity index (χ1) is 13.9. The fourth-order valence-electron chi connectivity index (χ4n) is 3.90. The molecule has 2 saturated heterocycles. The minimum Gasteiger partial charge on any atom is -0.379 e. The van der Waals surface area contributed by atoms with Gasteiger partial charge in [-0.3, -0.25) is 9.69 Å². The van der Waals surface area contributed by atoms with E-state index in [1.807, 2.05) is 13.0 Å². The third kappa shape index (κ3) is 3.93. The number of morpholine rings is 1. The summed E-state index contributed by atoms with van der Waals surface area (Å²) in [5.41, 5.74) is 8.33. The van der Waals surface area contributed by atoms with Crippen LogP contribution in [-0.2, 0) is 14.8 Å². The molecule has 0 radical (unpaired) electrons. The molecule has 2 heterocycles. The van der Waals surface area contributed by atoms with Gasteiger partial charge in [0.2, 0.25) is 15.9 Å². The second kappa shape index (κ2) is 7.87. The van der Waals surface area contributed by atoms with Crippen molar-refractivity contribution in [2.24, 2.45) is 5.73 Å². The number of ether oxygens (including phenoxy) is 1. The molecular formula is C21H25N3O4S. The highest BCUT2D eigenvalue weighted by molar-refractivity contribution is 7.89. The van der Waals surface area contributed by atoms with Crippen LogP contribution < -0.4 is 5.73 Å². The Morgan fingerprint density at radius 3 is 2.48 bits per heavy atom. The third-order valence-corrected chi connectivity index (χ3v) is 7.51. The Morgan fingerprint density at radius 1 is 1.10 bits per heavy atom. The number of nitrogens with two attached hydrogens (primary N) is 1. The zero-order valence-corrected chi connectivity index (χ0v) is 17.2. The Labute approximate surface area is 171 Å². The Hall–Kier alpha value is -2.26. The smallest absolute Gasteiger partial charge is 0.248 e. The monoisotopic (exact) mass is 415 g/mol. The Kier molecular flexibility index (Phi) is 5.44. The van der Waals surface area contributed by atoms with Crippen molar-refractivity contribution >= 4 is 15.9 Å². The highest BCUT2D eigenvalue weighted by Gasteiger charge is 2.40. The van der Waals surface area contributed by atoms with E-state index in [4.69, 9.17) is 10.5 Å². The Balaban J connectivity index is 1.51. The van der Waals surface area contributed by atoms with Crippen molar-refractivity contribution in [2.45, 2.75) is 17.9 Å². The van der Waals surface area contributed by atoms with E-state index >= 15 is 0 Å². The van der Waals surface area contributed by atoms with Gasteiger partial charge in [-0.05, 0) is 47.9 Å². The number of nitrogens with zero attached hydrogens (tertiary/aromatic N) is 2. The lowest BCUT2D eigenvalue weighted by atomic mass is 9.99. The van der Waals surface area contributed by atoms with Gasteiger partial charge in [0, 0.05) is 37.8 Å². The lowest BCUT2D eigenvalue weighted by Gasteiger charge is -2.45. The van der Waals surface area contributed by atoms with Gasteiger partial charge in [0.15, 0.2) is 0 Å². The van der Waals surface area contributed by atoms with E-state index in [2.05, 4.69) is 4.90 Å². The molecule has 154 valence electrons. The van der Waals surface area contributed by atoms with Crippen LogP contribution in [0.5, 0.6) is 0 Å². The number of carbonyl (C=O) groups is 1. The van der Waals surface area contributed by atoms with Gasteiger partial charge in [0.1, 0.15) is 0 Å². The first kappa shape index (κ1) is 20.0. The van der Waals surface area contributed by atoms with Crippen LogP contribution in [0.15, 0.2) is 47.4 Å². The molecule has 0 bridgehead atoms.